The number of rotatable bonds is 5. The molecule has 0 spiro atoms. The molecule has 0 radical (unpaired) electrons. The van der Waals surface area contributed by atoms with E-state index in [1.165, 1.54) is 0 Å². The van der Waals surface area contributed by atoms with Gasteiger partial charge in [-0.15, -0.1) is 12.4 Å². The molecule has 0 aliphatic heterocycles. The number of nitrogens with zero attached hydrogens (tertiary/aromatic N) is 2. The van der Waals surface area contributed by atoms with Gasteiger partial charge in [-0.05, 0) is 12.5 Å². The maximum Gasteiger partial charge on any atom is 0.292 e. The number of hydrogen-bond donors (Lipinski definition) is 1. The predicted molar refractivity (Wildman–Crippen MR) is 78.7 cm³/mol. The number of hydrogen-bond acceptors (Lipinski definition) is 4. The minimum Gasteiger partial charge on any atom is -0.351 e. The topological polar surface area (TPSA) is 72.4 Å². The van der Waals surface area contributed by atoms with Gasteiger partial charge in [-0.3, -0.25) is 4.79 Å². The number of amides is 1. The van der Waals surface area contributed by atoms with E-state index in [2.05, 4.69) is 5.16 Å². The average Bonchev–Trinajstić information content (AvgIpc) is 2.85. The van der Waals surface area contributed by atoms with Crippen molar-refractivity contribution >= 4 is 18.3 Å². The minimum absolute atomic E-state index is 0. The maximum absolute atomic E-state index is 12.3. The van der Waals surface area contributed by atoms with Gasteiger partial charge in [-0.25, -0.2) is 0 Å². The molecule has 0 atom stereocenters. The highest BCUT2D eigenvalue weighted by Gasteiger charge is 2.19. The fourth-order valence-corrected chi connectivity index (χ4v) is 1.83. The Morgan fingerprint density at radius 3 is 2.60 bits per heavy atom. The van der Waals surface area contributed by atoms with Crippen LogP contribution in [-0.2, 0) is 6.54 Å². The first-order valence-electron chi connectivity index (χ1n) is 6.17. The van der Waals surface area contributed by atoms with Crippen LogP contribution in [0.3, 0.4) is 0 Å². The number of benzene rings is 1. The zero-order chi connectivity index (χ0) is 13.7. The summed E-state index contributed by atoms with van der Waals surface area (Å²) < 4.78 is 5.01. The average molecular weight is 296 g/mol. The Labute approximate surface area is 124 Å². The smallest absolute Gasteiger partial charge is 0.292 e. The number of carbonyl (C=O) groups is 1. The Morgan fingerprint density at radius 1 is 1.35 bits per heavy atom. The van der Waals surface area contributed by atoms with Gasteiger partial charge >= 0.3 is 0 Å². The summed E-state index contributed by atoms with van der Waals surface area (Å²) in [7, 11) is 0. The molecular weight excluding hydrogens is 278 g/mol. The summed E-state index contributed by atoms with van der Waals surface area (Å²) in [5.74, 6) is 0.0665. The molecule has 1 aromatic heterocycles. The summed E-state index contributed by atoms with van der Waals surface area (Å²) in [4.78, 5) is 14.0. The number of nitrogens with two attached hydrogens (primary N) is 1. The lowest BCUT2D eigenvalue weighted by Gasteiger charge is -2.20. The van der Waals surface area contributed by atoms with E-state index in [9.17, 15) is 4.79 Å². The molecule has 0 saturated heterocycles. The molecule has 0 bridgehead atoms. The molecule has 5 nitrogen and oxygen atoms in total. The first kappa shape index (κ1) is 16.2. The summed E-state index contributed by atoms with van der Waals surface area (Å²) in [5.41, 5.74) is 7.31. The van der Waals surface area contributed by atoms with Gasteiger partial charge in [0.05, 0.1) is 5.69 Å². The van der Waals surface area contributed by atoms with Crippen LogP contribution in [0, 0.1) is 6.92 Å². The molecule has 0 unspecified atom stereocenters. The van der Waals surface area contributed by atoms with Crippen molar-refractivity contribution in [1.82, 2.24) is 10.1 Å². The molecule has 6 heteroatoms. The second-order valence-corrected chi connectivity index (χ2v) is 4.33. The van der Waals surface area contributed by atoms with Crippen LogP contribution in [0.5, 0.6) is 0 Å². The van der Waals surface area contributed by atoms with Crippen molar-refractivity contribution in [3.8, 4) is 0 Å². The van der Waals surface area contributed by atoms with Crippen LogP contribution >= 0.6 is 12.4 Å². The summed E-state index contributed by atoms with van der Waals surface area (Å²) in [5, 5.41) is 3.73. The van der Waals surface area contributed by atoms with Crippen molar-refractivity contribution in [3.05, 3.63) is 53.4 Å². The number of carbonyl (C=O) groups excluding carboxylic acids is 1. The lowest BCUT2D eigenvalue weighted by atomic mass is 10.2. The van der Waals surface area contributed by atoms with E-state index in [1.807, 2.05) is 30.3 Å². The van der Waals surface area contributed by atoms with Gasteiger partial charge in [0.25, 0.3) is 5.91 Å². The highest BCUT2D eigenvalue weighted by Crippen LogP contribution is 2.10. The van der Waals surface area contributed by atoms with Gasteiger partial charge in [-0.2, -0.15) is 0 Å². The third-order valence-corrected chi connectivity index (χ3v) is 2.74. The van der Waals surface area contributed by atoms with Gasteiger partial charge in [0.15, 0.2) is 0 Å². The van der Waals surface area contributed by atoms with Crippen LogP contribution in [0.2, 0.25) is 0 Å². The van der Waals surface area contributed by atoms with Crippen molar-refractivity contribution in [3.63, 3.8) is 0 Å². The van der Waals surface area contributed by atoms with Gasteiger partial charge in [-0.1, -0.05) is 35.5 Å². The monoisotopic (exact) mass is 295 g/mol. The van der Waals surface area contributed by atoms with Crippen molar-refractivity contribution < 1.29 is 9.32 Å². The maximum atomic E-state index is 12.3. The van der Waals surface area contributed by atoms with E-state index in [1.54, 1.807) is 17.9 Å². The minimum atomic E-state index is -0.185. The number of aromatic nitrogens is 1. The van der Waals surface area contributed by atoms with Crippen LogP contribution in [0.15, 0.2) is 40.9 Å². The molecule has 2 aromatic rings. The first-order chi connectivity index (χ1) is 9.20. The molecule has 1 amide bonds. The lowest BCUT2D eigenvalue weighted by Crippen LogP contribution is -2.34. The van der Waals surface area contributed by atoms with Gasteiger partial charge < -0.3 is 15.2 Å². The van der Waals surface area contributed by atoms with Crippen LogP contribution in [-0.4, -0.2) is 29.1 Å². The fourth-order valence-electron chi connectivity index (χ4n) is 1.83. The largest absolute Gasteiger partial charge is 0.351 e. The van der Waals surface area contributed by atoms with Gasteiger partial charge in [0, 0.05) is 25.7 Å². The van der Waals surface area contributed by atoms with E-state index >= 15 is 0 Å². The summed E-state index contributed by atoms with van der Waals surface area (Å²) in [6, 6.07) is 11.4. The summed E-state index contributed by atoms with van der Waals surface area (Å²) in [6.45, 7) is 3.18. The Morgan fingerprint density at radius 2 is 2.05 bits per heavy atom. The van der Waals surface area contributed by atoms with Crippen molar-refractivity contribution in [2.45, 2.75) is 13.5 Å². The Balaban J connectivity index is 0.00000200. The Hall–Kier alpha value is -1.85. The van der Waals surface area contributed by atoms with E-state index in [0.717, 1.165) is 5.56 Å². The van der Waals surface area contributed by atoms with Crippen LogP contribution < -0.4 is 5.73 Å². The van der Waals surface area contributed by atoms with Gasteiger partial charge in [0.2, 0.25) is 5.76 Å². The molecule has 1 aromatic carbocycles. The molecule has 20 heavy (non-hydrogen) atoms. The number of aryl methyl sites for hydroxylation is 1. The molecule has 2 N–H and O–H groups in total. The fraction of sp³-hybridized carbons (Fsp3) is 0.286. The van der Waals surface area contributed by atoms with Crippen LogP contribution in [0.4, 0.5) is 0 Å². The molecule has 1 heterocycles. The highest BCUT2D eigenvalue weighted by atomic mass is 35.5. The molecule has 2 rings (SSSR count). The van der Waals surface area contributed by atoms with E-state index in [0.29, 0.717) is 25.3 Å². The molecule has 0 fully saturated rings. The molecule has 108 valence electrons. The Kier molecular flexibility index (Phi) is 6.21. The Bertz CT molecular complexity index is 542. The predicted octanol–water partition coefficient (Wildman–Crippen LogP) is 2.01. The molecule has 0 aliphatic carbocycles. The lowest BCUT2D eigenvalue weighted by molar-refractivity contribution is 0.0706. The number of halogens is 1. The van der Waals surface area contributed by atoms with E-state index < -0.39 is 0 Å². The van der Waals surface area contributed by atoms with Crippen molar-refractivity contribution in [2.24, 2.45) is 5.73 Å². The molecule has 0 aliphatic rings. The second-order valence-electron chi connectivity index (χ2n) is 4.33. The second kappa shape index (κ2) is 7.67. The standard InChI is InChI=1S/C14H17N3O2.ClH/c1-11-9-13(19-16-11)14(18)17(8-7-15)10-12-5-3-2-4-6-12;/h2-6,9H,7-8,10,15H2,1H3;1H. The van der Waals surface area contributed by atoms with Crippen LogP contribution in [0.1, 0.15) is 21.8 Å². The van der Waals surface area contributed by atoms with Gasteiger partial charge in [0.1, 0.15) is 0 Å². The molecule has 0 saturated carbocycles. The normalized spacial score (nSPS) is 9.90. The SMILES string of the molecule is Cc1cc(C(=O)N(CCN)Cc2ccccc2)on1.Cl. The molecular formula is C14H18ClN3O2. The quantitative estimate of drug-likeness (QED) is 0.916. The zero-order valence-electron chi connectivity index (χ0n) is 11.3. The first-order valence-corrected chi connectivity index (χ1v) is 6.17. The van der Waals surface area contributed by atoms with Crippen molar-refractivity contribution in [2.75, 3.05) is 13.1 Å². The van der Waals surface area contributed by atoms with Crippen LogP contribution in [0.25, 0.3) is 0 Å². The third-order valence-electron chi connectivity index (χ3n) is 2.74. The summed E-state index contributed by atoms with van der Waals surface area (Å²) >= 11 is 0. The highest BCUT2D eigenvalue weighted by molar-refractivity contribution is 5.91. The third kappa shape index (κ3) is 4.08. The zero-order valence-corrected chi connectivity index (χ0v) is 12.1. The van der Waals surface area contributed by atoms with E-state index in [-0.39, 0.29) is 24.1 Å². The van der Waals surface area contributed by atoms with Crippen molar-refractivity contribution in [1.29, 1.82) is 0 Å². The summed E-state index contributed by atoms with van der Waals surface area (Å²) in [6.07, 6.45) is 0. The van der Waals surface area contributed by atoms with E-state index in [4.69, 9.17) is 10.3 Å².